The highest BCUT2D eigenvalue weighted by atomic mass is 32.2. The fourth-order valence-electron chi connectivity index (χ4n) is 3.21. The highest BCUT2D eigenvalue weighted by molar-refractivity contribution is 8.14. The average molecular weight is 383 g/mol. The van der Waals surface area contributed by atoms with E-state index in [0.29, 0.717) is 0 Å². The van der Waals surface area contributed by atoms with Crippen LogP contribution in [0.2, 0.25) is 0 Å². The Morgan fingerprint density at radius 2 is 1.08 bits per heavy atom. The van der Waals surface area contributed by atoms with Crippen molar-refractivity contribution < 1.29 is 0 Å². The van der Waals surface area contributed by atoms with E-state index in [1.165, 1.54) is 11.1 Å². The van der Waals surface area contributed by atoms with Crippen molar-refractivity contribution in [1.29, 1.82) is 0 Å². The maximum absolute atomic E-state index is 5.08. The first-order chi connectivity index (χ1) is 12.8. The second-order valence-corrected chi connectivity index (χ2v) is 8.41. The number of thioether (sulfide) groups is 2. The van der Waals surface area contributed by atoms with E-state index < -0.39 is 0 Å². The molecule has 2 aromatic rings. The second-order valence-electron chi connectivity index (χ2n) is 5.95. The lowest BCUT2D eigenvalue weighted by Crippen LogP contribution is -2.40. The van der Waals surface area contributed by atoms with Crippen LogP contribution in [0.15, 0.2) is 70.6 Å². The first-order valence-electron chi connectivity index (χ1n) is 8.93. The van der Waals surface area contributed by atoms with Crippen LogP contribution in [0.1, 0.15) is 37.3 Å². The van der Waals surface area contributed by atoms with E-state index in [4.69, 9.17) is 9.98 Å². The third kappa shape index (κ3) is 3.12. The van der Waals surface area contributed by atoms with Gasteiger partial charge in [-0.2, -0.15) is 0 Å². The predicted octanol–water partition coefficient (Wildman–Crippen LogP) is 5.15. The van der Waals surface area contributed by atoms with E-state index >= 15 is 0 Å². The molecule has 26 heavy (non-hydrogen) atoms. The summed E-state index contributed by atoms with van der Waals surface area (Å²) in [6.07, 6.45) is -0.0893. The first kappa shape index (κ1) is 17.5. The Bertz CT molecular complexity index is 738. The van der Waals surface area contributed by atoms with Crippen molar-refractivity contribution in [1.82, 2.24) is 10.0 Å². The van der Waals surface area contributed by atoms with Gasteiger partial charge in [-0.15, -0.1) is 0 Å². The summed E-state index contributed by atoms with van der Waals surface area (Å²) in [5.41, 5.74) is 2.39. The lowest BCUT2D eigenvalue weighted by Gasteiger charge is -2.31. The van der Waals surface area contributed by atoms with Crippen molar-refractivity contribution in [3.05, 3.63) is 71.8 Å². The summed E-state index contributed by atoms with van der Waals surface area (Å²) in [7, 11) is 0. The maximum Gasteiger partial charge on any atom is 0.183 e. The molecule has 2 aromatic carbocycles. The van der Waals surface area contributed by atoms with Gasteiger partial charge in [0.15, 0.2) is 22.7 Å². The number of amidine groups is 2. The molecule has 2 aliphatic rings. The largest absolute Gasteiger partial charge is 0.229 e. The number of rotatable bonds is 4. The maximum atomic E-state index is 5.08. The summed E-state index contributed by atoms with van der Waals surface area (Å²) in [4.78, 5) is 10.2. The van der Waals surface area contributed by atoms with Crippen LogP contribution < -0.4 is 0 Å². The van der Waals surface area contributed by atoms with Crippen LogP contribution in [0.5, 0.6) is 0 Å². The second kappa shape index (κ2) is 7.76. The van der Waals surface area contributed by atoms with E-state index in [9.17, 15) is 0 Å². The summed E-state index contributed by atoms with van der Waals surface area (Å²) in [6.45, 7) is 4.34. The zero-order chi connectivity index (χ0) is 17.9. The van der Waals surface area contributed by atoms with Crippen LogP contribution in [0.25, 0.3) is 0 Å². The summed E-state index contributed by atoms with van der Waals surface area (Å²) >= 11 is 3.57. The van der Waals surface area contributed by atoms with E-state index in [1.54, 1.807) is 23.5 Å². The Labute approximate surface area is 163 Å². The molecule has 0 fully saturated rings. The molecule has 0 bridgehead atoms. The van der Waals surface area contributed by atoms with Crippen LogP contribution in [0, 0.1) is 0 Å². The molecule has 0 unspecified atom stereocenters. The van der Waals surface area contributed by atoms with Gasteiger partial charge in [0, 0.05) is 0 Å². The number of hydrogen-bond acceptors (Lipinski definition) is 6. The molecule has 4 nitrogen and oxygen atoms in total. The van der Waals surface area contributed by atoms with Crippen molar-refractivity contribution in [3.63, 3.8) is 0 Å². The molecule has 0 amide bonds. The standard InChI is InChI=1S/C20H22N4S2/c1-3-25-19-21-17(15-11-7-5-8-12-15)24-20(26-4-2)22-18(23(19)24)16-13-9-6-10-14-16/h5-14,17-18H,3-4H2,1-2H3/t17-,18-/m0/s1. The molecule has 0 spiro atoms. The quantitative estimate of drug-likeness (QED) is 0.732. The number of fused-ring (bicyclic) bond motifs is 1. The topological polar surface area (TPSA) is 31.2 Å². The van der Waals surface area contributed by atoms with Gasteiger partial charge in [0.05, 0.1) is 0 Å². The molecule has 2 atom stereocenters. The van der Waals surface area contributed by atoms with Crippen LogP contribution in [-0.4, -0.2) is 31.9 Å². The molecule has 0 aliphatic carbocycles. The number of hydrazine groups is 1. The molecule has 0 saturated heterocycles. The zero-order valence-electron chi connectivity index (χ0n) is 14.9. The summed E-state index contributed by atoms with van der Waals surface area (Å²) in [6, 6.07) is 21.0. The minimum Gasteiger partial charge on any atom is -0.229 e. The van der Waals surface area contributed by atoms with Crippen molar-refractivity contribution in [2.45, 2.75) is 26.2 Å². The monoisotopic (exact) mass is 382 g/mol. The minimum absolute atomic E-state index is 0.0447. The Balaban J connectivity index is 1.77. The van der Waals surface area contributed by atoms with Crippen LogP contribution >= 0.6 is 23.5 Å². The lowest BCUT2D eigenvalue weighted by atomic mass is 10.2. The molecule has 2 heterocycles. The van der Waals surface area contributed by atoms with E-state index in [0.717, 1.165) is 21.8 Å². The number of nitrogens with zero attached hydrogens (tertiary/aromatic N) is 4. The molecular formula is C20H22N4S2. The number of hydrogen-bond donors (Lipinski definition) is 0. The first-order valence-corrected chi connectivity index (χ1v) is 10.9. The van der Waals surface area contributed by atoms with Crippen LogP contribution in [-0.2, 0) is 0 Å². The molecule has 0 radical (unpaired) electrons. The van der Waals surface area contributed by atoms with Crippen molar-refractivity contribution in [2.75, 3.05) is 11.5 Å². The Kier molecular flexibility index (Phi) is 5.22. The van der Waals surface area contributed by atoms with Crippen LogP contribution in [0.4, 0.5) is 0 Å². The molecule has 2 aliphatic heterocycles. The fourth-order valence-corrected chi connectivity index (χ4v) is 4.72. The fraction of sp³-hybridized carbons (Fsp3) is 0.300. The molecule has 0 saturated carbocycles. The molecule has 6 heteroatoms. The summed E-state index contributed by atoms with van der Waals surface area (Å²) in [5.74, 6) is 1.98. The van der Waals surface area contributed by atoms with Gasteiger partial charge in [-0.3, -0.25) is 0 Å². The SMILES string of the molecule is CCSC1=N[C@H](c2ccccc2)N2C(SCC)=N[C@H](c3ccccc3)N12. The highest BCUT2D eigenvalue weighted by Crippen LogP contribution is 2.45. The Hall–Kier alpha value is -1.92. The van der Waals surface area contributed by atoms with Crippen molar-refractivity contribution >= 4 is 33.9 Å². The molecule has 0 aromatic heterocycles. The number of benzene rings is 2. The van der Waals surface area contributed by atoms with Gasteiger partial charge in [-0.1, -0.05) is 98.0 Å². The summed E-state index contributed by atoms with van der Waals surface area (Å²) < 4.78 is 0. The van der Waals surface area contributed by atoms with Gasteiger partial charge in [0.1, 0.15) is 0 Å². The van der Waals surface area contributed by atoms with Gasteiger partial charge >= 0.3 is 0 Å². The zero-order valence-corrected chi connectivity index (χ0v) is 16.6. The Morgan fingerprint density at radius 1 is 0.692 bits per heavy atom. The smallest absolute Gasteiger partial charge is 0.183 e. The van der Waals surface area contributed by atoms with Gasteiger partial charge < -0.3 is 0 Å². The van der Waals surface area contributed by atoms with E-state index in [2.05, 4.69) is 72.4 Å². The third-order valence-corrected chi connectivity index (χ3v) is 5.97. The Morgan fingerprint density at radius 3 is 1.42 bits per heavy atom. The van der Waals surface area contributed by atoms with Gasteiger partial charge in [-0.05, 0) is 22.6 Å². The van der Waals surface area contributed by atoms with E-state index in [1.807, 2.05) is 12.1 Å². The van der Waals surface area contributed by atoms with Crippen molar-refractivity contribution in [2.24, 2.45) is 9.98 Å². The van der Waals surface area contributed by atoms with Crippen LogP contribution in [0.3, 0.4) is 0 Å². The van der Waals surface area contributed by atoms with Gasteiger partial charge in [0.25, 0.3) is 0 Å². The number of aliphatic imine (C=N–C) groups is 2. The minimum atomic E-state index is -0.0447. The molecule has 0 N–H and O–H groups in total. The third-order valence-electron chi connectivity index (χ3n) is 4.30. The van der Waals surface area contributed by atoms with Gasteiger partial charge in [0.2, 0.25) is 0 Å². The molecular weight excluding hydrogens is 360 g/mol. The van der Waals surface area contributed by atoms with Crippen molar-refractivity contribution in [3.8, 4) is 0 Å². The summed E-state index contributed by atoms with van der Waals surface area (Å²) in [5, 5.41) is 6.65. The predicted molar refractivity (Wildman–Crippen MR) is 113 cm³/mol. The lowest BCUT2D eigenvalue weighted by molar-refractivity contribution is 0.105. The molecule has 134 valence electrons. The normalized spacial score (nSPS) is 21.6. The van der Waals surface area contributed by atoms with Gasteiger partial charge in [-0.25, -0.2) is 20.0 Å². The average Bonchev–Trinajstić information content (AvgIpc) is 3.24. The van der Waals surface area contributed by atoms with E-state index in [-0.39, 0.29) is 12.3 Å². The highest BCUT2D eigenvalue weighted by Gasteiger charge is 2.46. The molecule has 4 rings (SSSR count).